The van der Waals surface area contributed by atoms with Gasteiger partial charge in [-0.1, -0.05) is 39.7 Å². The maximum atomic E-state index is 9.97. The van der Waals surface area contributed by atoms with Crippen LogP contribution in [0.2, 0.25) is 0 Å². The Labute approximate surface area is 126 Å². The van der Waals surface area contributed by atoms with Crippen molar-refractivity contribution in [3.63, 3.8) is 0 Å². The number of nitrogens with one attached hydrogen (secondary N) is 2. The highest BCUT2D eigenvalue weighted by molar-refractivity contribution is 9.10. The number of phenolic OH excluding ortho intramolecular Hbond substituents is 1. The monoisotopic (exact) mass is 330 g/mol. The molecule has 1 heterocycles. The Hall–Kier alpha value is -1.78. The molecule has 1 atom stereocenters. The lowest BCUT2D eigenvalue weighted by Gasteiger charge is -2.09. The lowest BCUT2D eigenvalue weighted by atomic mass is 10.0. The van der Waals surface area contributed by atoms with Gasteiger partial charge in [0.2, 0.25) is 0 Å². The Morgan fingerprint density at radius 3 is 2.60 bits per heavy atom. The van der Waals surface area contributed by atoms with Gasteiger partial charge in [0.15, 0.2) is 0 Å². The Bertz CT molecular complexity index is 665. The number of hydrogen-bond acceptors (Lipinski definition) is 3. The minimum Gasteiger partial charge on any atom is -0.507 e. The van der Waals surface area contributed by atoms with Gasteiger partial charge in [-0.25, -0.2) is 5.43 Å². The van der Waals surface area contributed by atoms with Crippen molar-refractivity contribution in [2.24, 2.45) is 0 Å². The zero-order valence-electron chi connectivity index (χ0n) is 11.0. The van der Waals surface area contributed by atoms with Crippen molar-refractivity contribution < 1.29 is 5.11 Å². The highest BCUT2D eigenvalue weighted by Gasteiger charge is 2.19. The number of aromatic hydroxyl groups is 1. The number of aryl methyl sites for hydroxylation is 1. The van der Waals surface area contributed by atoms with E-state index in [1.54, 1.807) is 6.07 Å². The molecule has 0 aliphatic carbocycles. The molecule has 0 saturated carbocycles. The summed E-state index contributed by atoms with van der Waals surface area (Å²) in [7, 11) is 0. The van der Waals surface area contributed by atoms with Gasteiger partial charge in [0.1, 0.15) is 5.75 Å². The molecule has 1 aliphatic heterocycles. The van der Waals surface area contributed by atoms with Crippen molar-refractivity contribution in [1.82, 2.24) is 10.9 Å². The first kappa shape index (κ1) is 13.2. The molecule has 0 amide bonds. The average Bonchev–Trinajstić information content (AvgIpc) is 2.92. The Kier molecular flexibility index (Phi) is 3.51. The lowest BCUT2D eigenvalue weighted by molar-refractivity contribution is 0.472. The predicted octanol–water partition coefficient (Wildman–Crippen LogP) is 3.65. The molecule has 0 fully saturated rings. The van der Waals surface area contributed by atoms with Crippen LogP contribution in [0.3, 0.4) is 0 Å². The summed E-state index contributed by atoms with van der Waals surface area (Å²) >= 11 is 3.44. The van der Waals surface area contributed by atoms with Crippen LogP contribution >= 0.6 is 15.9 Å². The maximum Gasteiger partial charge on any atom is 0.124 e. The van der Waals surface area contributed by atoms with Gasteiger partial charge in [0.05, 0.1) is 11.7 Å². The number of halogens is 1. The molecule has 4 heteroatoms. The topological polar surface area (TPSA) is 44.3 Å². The average molecular weight is 331 g/mol. The largest absolute Gasteiger partial charge is 0.507 e. The standard InChI is InChI=1S/C16H15BrN2O/c1-10-2-7-16(20)13(8-10)15-9-14(18-19-15)11-3-5-12(17)6-4-11/h2-9,14,18-20H,1H3/t14-/m0/s1. The Morgan fingerprint density at radius 2 is 1.85 bits per heavy atom. The van der Waals surface area contributed by atoms with Crippen LogP contribution in [0.5, 0.6) is 5.75 Å². The van der Waals surface area contributed by atoms with Crippen molar-refractivity contribution in [3.05, 3.63) is 69.7 Å². The fourth-order valence-corrected chi connectivity index (χ4v) is 2.54. The van der Waals surface area contributed by atoms with E-state index in [4.69, 9.17) is 0 Å². The molecule has 2 aromatic rings. The van der Waals surface area contributed by atoms with E-state index >= 15 is 0 Å². The number of benzene rings is 2. The zero-order chi connectivity index (χ0) is 14.1. The first-order valence-corrected chi connectivity index (χ1v) is 7.21. The summed E-state index contributed by atoms with van der Waals surface area (Å²) in [5.41, 5.74) is 10.4. The van der Waals surface area contributed by atoms with E-state index < -0.39 is 0 Å². The molecule has 20 heavy (non-hydrogen) atoms. The van der Waals surface area contributed by atoms with Gasteiger partial charge in [0.25, 0.3) is 0 Å². The van der Waals surface area contributed by atoms with Gasteiger partial charge in [-0.2, -0.15) is 0 Å². The summed E-state index contributed by atoms with van der Waals surface area (Å²) in [5.74, 6) is 0.285. The van der Waals surface area contributed by atoms with E-state index in [-0.39, 0.29) is 11.8 Å². The predicted molar refractivity (Wildman–Crippen MR) is 84.0 cm³/mol. The van der Waals surface area contributed by atoms with Gasteiger partial charge in [-0.05, 0) is 42.8 Å². The first-order chi connectivity index (χ1) is 9.63. The third-order valence-corrected chi connectivity index (χ3v) is 3.90. The zero-order valence-corrected chi connectivity index (χ0v) is 12.6. The van der Waals surface area contributed by atoms with Crippen LogP contribution < -0.4 is 10.9 Å². The second-order valence-corrected chi connectivity index (χ2v) is 5.82. The fraction of sp³-hybridized carbons (Fsp3) is 0.125. The summed E-state index contributed by atoms with van der Waals surface area (Å²) < 4.78 is 1.06. The summed E-state index contributed by atoms with van der Waals surface area (Å²) in [6, 6.07) is 13.9. The van der Waals surface area contributed by atoms with Gasteiger partial charge in [-0.3, -0.25) is 0 Å². The van der Waals surface area contributed by atoms with Gasteiger partial charge in [-0.15, -0.1) is 0 Å². The molecule has 3 N–H and O–H groups in total. The number of phenols is 1. The van der Waals surface area contributed by atoms with Gasteiger partial charge < -0.3 is 10.5 Å². The normalized spacial score (nSPS) is 17.7. The Morgan fingerprint density at radius 1 is 1.10 bits per heavy atom. The molecule has 3 nitrogen and oxygen atoms in total. The van der Waals surface area contributed by atoms with Crippen LogP contribution in [-0.4, -0.2) is 5.11 Å². The molecule has 0 bridgehead atoms. The Balaban J connectivity index is 1.91. The highest BCUT2D eigenvalue weighted by Crippen LogP contribution is 2.30. The van der Waals surface area contributed by atoms with Gasteiger partial charge in [0, 0.05) is 10.0 Å². The van der Waals surface area contributed by atoms with E-state index in [2.05, 4.69) is 45.0 Å². The molecule has 0 radical (unpaired) electrons. The molecule has 3 rings (SSSR count). The second kappa shape index (κ2) is 5.31. The fourth-order valence-electron chi connectivity index (χ4n) is 2.28. The molecule has 2 aromatic carbocycles. The third kappa shape index (κ3) is 2.57. The number of rotatable bonds is 2. The van der Waals surface area contributed by atoms with E-state index in [9.17, 15) is 5.11 Å². The molecule has 0 unspecified atom stereocenters. The van der Waals surface area contributed by atoms with E-state index in [1.165, 1.54) is 5.56 Å². The molecule has 102 valence electrons. The van der Waals surface area contributed by atoms with Crippen LogP contribution in [0.15, 0.2) is 53.0 Å². The van der Waals surface area contributed by atoms with E-state index in [0.717, 1.165) is 21.3 Å². The molecule has 0 saturated heterocycles. The maximum absolute atomic E-state index is 9.97. The van der Waals surface area contributed by atoms with E-state index in [0.29, 0.717) is 0 Å². The summed E-state index contributed by atoms with van der Waals surface area (Å²) in [6.45, 7) is 2.01. The summed E-state index contributed by atoms with van der Waals surface area (Å²) in [5, 5.41) is 9.97. The number of hydrogen-bond donors (Lipinski definition) is 3. The molecule has 0 spiro atoms. The van der Waals surface area contributed by atoms with Gasteiger partial charge >= 0.3 is 0 Å². The minimum atomic E-state index is 0.0954. The molecular weight excluding hydrogens is 316 g/mol. The molecule has 1 aliphatic rings. The van der Waals surface area contributed by atoms with Crippen LogP contribution in [0.25, 0.3) is 5.70 Å². The van der Waals surface area contributed by atoms with E-state index in [1.807, 2.05) is 31.2 Å². The summed E-state index contributed by atoms with van der Waals surface area (Å²) in [6.07, 6.45) is 2.08. The second-order valence-electron chi connectivity index (χ2n) is 4.90. The molecular formula is C16H15BrN2O. The molecule has 0 aromatic heterocycles. The lowest BCUT2D eigenvalue weighted by Crippen LogP contribution is -2.26. The number of hydrazine groups is 1. The van der Waals surface area contributed by atoms with Crippen molar-refractivity contribution in [2.45, 2.75) is 13.0 Å². The van der Waals surface area contributed by atoms with Crippen LogP contribution in [-0.2, 0) is 0 Å². The first-order valence-electron chi connectivity index (χ1n) is 6.42. The summed E-state index contributed by atoms with van der Waals surface area (Å²) in [4.78, 5) is 0. The SMILES string of the molecule is Cc1ccc(O)c(C2=C[C@@H](c3ccc(Br)cc3)NN2)c1. The van der Waals surface area contributed by atoms with Crippen molar-refractivity contribution >= 4 is 21.6 Å². The minimum absolute atomic E-state index is 0.0954. The van der Waals surface area contributed by atoms with Crippen LogP contribution in [0.1, 0.15) is 22.7 Å². The van der Waals surface area contributed by atoms with Crippen molar-refractivity contribution in [3.8, 4) is 5.75 Å². The van der Waals surface area contributed by atoms with Crippen LogP contribution in [0.4, 0.5) is 0 Å². The van der Waals surface area contributed by atoms with Crippen molar-refractivity contribution in [1.29, 1.82) is 0 Å². The quantitative estimate of drug-likeness (QED) is 0.787. The smallest absolute Gasteiger partial charge is 0.124 e. The van der Waals surface area contributed by atoms with Crippen LogP contribution in [0, 0.1) is 6.92 Å². The third-order valence-electron chi connectivity index (χ3n) is 3.37. The van der Waals surface area contributed by atoms with Crippen molar-refractivity contribution in [2.75, 3.05) is 0 Å². The highest BCUT2D eigenvalue weighted by atomic mass is 79.9.